The van der Waals surface area contributed by atoms with E-state index in [1.807, 2.05) is 0 Å². The Morgan fingerprint density at radius 2 is 1.64 bits per heavy atom. The first-order valence-corrected chi connectivity index (χ1v) is 16.2. The second-order valence-corrected chi connectivity index (χ2v) is 13.3. The molecule has 3 unspecified atom stereocenters. The van der Waals surface area contributed by atoms with Crippen LogP contribution >= 0.6 is 15.6 Å². The summed E-state index contributed by atoms with van der Waals surface area (Å²) in [5, 5.41) is 11.2. The lowest BCUT2D eigenvalue weighted by Gasteiger charge is -2.28. The third-order valence-electron chi connectivity index (χ3n) is 7.80. The molecule has 236 valence electrons. The molecular weight excluding hydrogens is 630 g/mol. The minimum absolute atomic E-state index is 0.0123. The molecule has 7 rings (SSSR count). The maximum atomic E-state index is 13.1. The summed E-state index contributed by atoms with van der Waals surface area (Å²) in [6, 6.07) is -0.914. The molecule has 1 saturated carbocycles. The molecule has 21 nitrogen and oxygen atoms in total. The highest BCUT2D eigenvalue weighted by molar-refractivity contribution is 7.47. The number of aliphatic hydroxyl groups excluding tert-OH is 1. The summed E-state index contributed by atoms with van der Waals surface area (Å²) < 4.78 is 56.5. The molecule has 23 heteroatoms. The van der Waals surface area contributed by atoms with Gasteiger partial charge in [0.15, 0.2) is 22.6 Å². The van der Waals surface area contributed by atoms with E-state index in [1.165, 1.54) is 28.1 Å². The molecule has 44 heavy (non-hydrogen) atoms. The topological polar surface area (TPSA) is 300 Å². The van der Waals surface area contributed by atoms with Crippen molar-refractivity contribution in [3.63, 3.8) is 0 Å². The fourth-order valence-electron chi connectivity index (χ4n) is 5.81. The predicted octanol–water partition coefficient (Wildman–Crippen LogP) is -0.649. The van der Waals surface area contributed by atoms with Crippen LogP contribution in [0.15, 0.2) is 23.8 Å². The number of nitrogens with two attached hydrogens (primary N) is 2. The van der Waals surface area contributed by atoms with Gasteiger partial charge < -0.3 is 35.7 Å². The number of aromatic nitrogens is 8. The highest BCUT2D eigenvalue weighted by Crippen LogP contribution is 2.55. The number of nitrogen functional groups attached to an aromatic ring is 2. The Hall–Kier alpha value is -3.36. The number of aromatic amines is 1. The number of imidazole rings is 2. The van der Waals surface area contributed by atoms with Crippen LogP contribution in [-0.4, -0.2) is 91.6 Å². The van der Waals surface area contributed by atoms with E-state index in [0.717, 1.165) is 0 Å². The number of hydrogen-bond acceptors (Lipinski definition) is 16. The molecule has 3 aliphatic rings. The molecule has 8 N–H and O–H groups in total. The normalized spacial score (nSPS) is 36.6. The van der Waals surface area contributed by atoms with Crippen molar-refractivity contribution in [1.29, 1.82) is 0 Å². The van der Waals surface area contributed by atoms with Gasteiger partial charge in [0.05, 0.1) is 31.9 Å². The maximum absolute atomic E-state index is 13.1. The molecule has 1 aliphatic carbocycles. The molecule has 0 spiro atoms. The zero-order valence-corrected chi connectivity index (χ0v) is 24.2. The number of phosphoric acid groups is 2. The molecule has 0 bridgehead atoms. The Morgan fingerprint density at radius 1 is 0.909 bits per heavy atom. The van der Waals surface area contributed by atoms with Gasteiger partial charge in [0.1, 0.15) is 42.5 Å². The standard InChI is InChI=1S/C21H26N10O11P2/c22-17-13-18(25-5-24-17)31(7-26-13)12-2-10-11(40-12)4-39-44(36,37)42-16-8(3-38-43(34,35)41-10)1-9(15(16)32)30-6-27-14-19(30)28-21(23)29-20(14)33/h5-12,15-16,32H,1-4H2,(H,34,35)(H,36,37)(H2,22,24,25)(H3,23,28,29,33)/t8-,9-,10-,11-,12-,15-,16?/m1/s1. The Morgan fingerprint density at radius 3 is 2.45 bits per heavy atom. The SMILES string of the molecule is Nc1nc2c(ncn2[C@@H]2C[C@@H]3COP(=O)(O)O[C@@H]4C[C@H](n5cnc6c(N)ncnc65)O[C@@H]4COP(=O)(O)OC3[C@@H]2O)c(=O)[nH]1. The largest absolute Gasteiger partial charge is 0.472 e. The predicted molar refractivity (Wildman–Crippen MR) is 145 cm³/mol. The zero-order valence-electron chi connectivity index (χ0n) is 22.4. The van der Waals surface area contributed by atoms with E-state index in [4.69, 9.17) is 34.3 Å². The molecule has 4 aromatic heterocycles. The van der Waals surface area contributed by atoms with Crippen LogP contribution in [0.4, 0.5) is 11.8 Å². The molecule has 0 aromatic carbocycles. The van der Waals surface area contributed by atoms with Crippen molar-refractivity contribution >= 4 is 49.7 Å². The van der Waals surface area contributed by atoms with Crippen LogP contribution in [0.3, 0.4) is 0 Å². The third kappa shape index (κ3) is 5.20. The average molecular weight is 656 g/mol. The molecular formula is C21H26N10O11P2. The van der Waals surface area contributed by atoms with Gasteiger partial charge in [0.25, 0.3) is 5.56 Å². The van der Waals surface area contributed by atoms with Crippen LogP contribution in [0.25, 0.3) is 22.3 Å². The molecule has 2 aliphatic heterocycles. The summed E-state index contributed by atoms with van der Waals surface area (Å²) in [5.74, 6) is -0.983. The van der Waals surface area contributed by atoms with Crippen LogP contribution in [0.1, 0.15) is 25.1 Å². The second kappa shape index (κ2) is 10.6. The smallest absolute Gasteiger partial charge is 0.388 e. The van der Waals surface area contributed by atoms with E-state index in [1.54, 1.807) is 0 Å². The minimum Gasteiger partial charge on any atom is -0.388 e. The highest BCUT2D eigenvalue weighted by Gasteiger charge is 2.51. The van der Waals surface area contributed by atoms with E-state index in [2.05, 4.69) is 29.9 Å². The fourth-order valence-corrected chi connectivity index (χ4v) is 7.82. The van der Waals surface area contributed by atoms with Crippen LogP contribution in [-0.2, 0) is 32.0 Å². The van der Waals surface area contributed by atoms with E-state index >= 15 is 0 Å². The van der Waals surface area contributed by atoms with Crippen LogP contribution < -0.4 is 17.0 Å². The van der Waals surface area contributed by atoms with Crippen molar-refractivity contribution in [1.82, 2.24) is 39.0 Å². The number of aliphatic hydroxyl groups is 1. The van der Waals surface area contributed by atoms with Gasteiger partial charge in [-0.3, -0.25) is 32.4 Å². The minimum atomic E-state index is -4.87. The zero-order chi connectivity index (χ0) is 31.0. The fraction of sp³-hybridized carbons (Fsp3) is 0.524. The number of rotatable bonds is 2. The Balaban J connectivity index is 1.15. The first-order valence-electron chi connectivity index (χ1n) is 13.2. The van der Waals surface area contributed by atoms with Crippen molar-refractivity contribution < 1.29 is 46.9 Å². The van der Waals surface area contributed by atoms with Crippen molar-refractivity contribution in [3.8, 4) is 0 Å². The average Bonchev–Trinajstić information content (AvgIpc) is 3.72. The molecule has 9 atom stereocenters. The Kier molecular flexibility index (Phi) is 7.09. The van der Waals surface area contributed by atoms with Crippen molar-refractivity contribution in [3.05, 3.63) is 29.3 Å². The van der Waals surface area contributed by atoms with Crippen molar-refractivity contribution in [2.45, 2.75) is 49.5 Å². The van der Waals surface area contributed by atoms with Gasteiger partial charge in [-0.15, -0.1) is 0 Å². The summed E-state index contributed by atoms with van der Waals surface area (Å²) in [5.41, 5.74) is 11.6. The summed E-state index contributed by atoms with van der Waals surface area (Å²) in [4.78, 5) is 56.2. The molecule has 3 fully saturated rings. The van der Waals surface area contributed by atoms with Crippen molar-refractivity contribution in [2.24, 2.45) is 5.92 Å². The van der Waals surface area contributed by atoms with Crippen molar-refractivity contribution in [2.75, 3.05) is 24.7 Å². The van der Waals surface area contributed by atoms with E-state index in [9.17, 15) is 28.8 Å². The second-order valence-electron chi connectivity index (χ2n) is 10.5. The Bertz CT molecular complexity index is 1900. The quantitative estimate of drug-likeness (QED) is 0.146. The van der Waals surface area contributed by atoms with E-state index in [0.29, 0.717) is 11.2 Å². The number of ether oxygens (including phenoxy) is 1. The molecule has 6 heterocycles. The molecule has 0 radical (unpaired) electrons. The summed E-state index contributed by atoms with van der Waals surface area (Å²) in [7, 11) is -9.64. The van der Waals surface area contributed by atoms with Crippen LogP contribution in [0, 0.1) is 5.92 Å². The first kappa shape index (κ1) is 29.4. The number of hydrogen-bond donors (Lipinski definition) is 6. The van der Waals surface area contributed by atoms with Gasteiger partial charge in [-0.1, -0.05) is 0 Å². The lowest BCUT2D eigenvalue weighted by atomic mass is 10.1. The van der Waals surface area contributed by atoms with Gasteiger partial charge in [0.2, 0.25) is 5.95 Å². The third-order valence-corrected chi connectivity index (χ3v) is 9.80. The molecule has 2 saturated heterocycles. The van der Waals surface area contributed by atoms with Gasteiger partial charge in [-0.25, -0.2) is 29.1 Å². The van der Waals surface area contributed by atoms with Gasteiger partial charge in [0, 0.05) is 12.3 Å². The van der Waals surface area contributed by atoms with Gasteiger partial charge in [-0.2, -0.15) is 4.98 Å². The van der Waals surface area contributed by atoms with Crippen LogP contribution in [0.5, 0.6) is 0 Å². The number of anilines is 2. The number of nitrogens with one attached hydrogen (secondary N) is 1. The summed E-state index contributed by atoms with van der Waals surface area (Å²) >= 11 is 0. The number of phosphoric ester groups is 2. The molecule has 4 aromatic rings. The molecule has 0 amide bonds. The van der Waals surface area contributed by atoms with Gasteiger partial charge >= 0.3 is 15.6 Å². The summed E-state index contributed by atoms with van der Waals surface area (Å²) in [6.45, 7) is -1.13. The van der Waals surface area contributed by atoms with Crippen LogP contribution in [0.2, 0.25) is 0 Å². The number of fused-ring (bicyclic) bond motifs is 4. The first-order chi connectivity index (χ1) is 20.9. The summed E-state index contributed by atoms with van der Waals surface area (Å²) in [6.07, 6.45) is -2.22. The lowest BCUT2D eigenvalue weighted by Crippen LogP contribution is -2.35. The number of nitrogens with zero attached hydrogens (tertiary/aromatic N) is 7. The Labute approximate surface area is 245 Å². The van der Waals surface area contributed by atoms with Gasteiger partial charge in [-0.05, 0) is 6.42 Å². The monoisotopic (exact) mass is 656 g/mol. The van der Waals surface area contributed by atoms with E-state index in [-0.39, 0.29) is 35.8 Å². The highest BCUT2D eigenvalue weighted by atomic mass is 31.2. The number of H-pyrrole nitrogens is 1. The maximum Gasteiger partial charge on any atom is 0.472 e. The lowest BCUT2D eigenvalue weighted by molar-refractivity contribution is -0.0585. The van der Waals surface area contributed by atoms with E-state index < -0.39 is 77.0 Å².